The second kappa shape index (κ2) is 11.8. The second-order valence-corrected chi connectivity index (χ2v) is 11.9. The summed E-state index contributed by atoms with van der Waals surface area (Å²) in [5.41, 5.74) is 0. The molecular weight excluding hydrogens is 489 g/mol. The van der Waals surface area contributed by atoms with Crippen LogP contribution < -0.4 is 0 Å². The fourth-order valence-electron chi connectivity index (χ4n) is 3.32. The van der Waals surface area contributed by atoms with Gasteiger partial charge in [-0.2, -0.15) is 0 Å². The lowest BCUT2D eigenvalue weighted by molar-refractivity contribution is 1.22. The molecular formula is C30H22S4. The number of benzene rings is 5. The van der Waals surface area contributed by atoms with Gasteiger partial charge in [0.1, 0.15) is 0 Å². The highest BCUT2D eigenvalue weighted by atomic mass is 32.2. The minimum Gasteiger partial charge on any atom is -0.0889 e. The van der Waals surface area contributed by atoms with Crippen LogP contribution in [0.5, 0.6) is 0 Å². The Bertz CT molecular complexity index is 1250. The molecule has 0 atom stereocenters. The van der Waals surface area contributed by atoms with Crippen molar-refractivity contribution >= 4 is 47.0 Å². The summed E-state index contributed by atoms with van der Waals surface area (Å²) in [4.78, 5) is 10.1. The minimum absolute atomic E-state index is 1.25. The minimum atomic E-state index is 1.25. The summed E-state index contributed by atoms with van der Waals surface area (Å²) in [6, 6.07) is 47.3. The van der Waals surface area contributed by atoms with Gasteiger partial charge in [0.25, 0.3) is 0 Å². The van der Waals surface area contributed by atoms with E-state index in [1.807, 2.05) is 47.0 Å². The Morgan fingerprint density at radius 2 is 0.559 bits per heavy atom. The van der Waals surface area contributed by atoms with Gasteiger partial charge in [0.15, 0.2) is 0 Å². The van der Waals surface area contributed by atoms with Crippen molar-refractivity contribution in [1.29, 1.82) is 0 Å². The molecule has 0 unspecified atom stereocenters. The van der Waals surface area contributed by atoms with Crippen molar-refractivity contribution < 1.29 is 0 Å². The fourth-order valence-corrected chi connectivity index (χ4v) is 7.43. The molecule has 0 radical (unpaired) electrons. The van der Waals surface area contributed by atoms with Crippen molar-refractivity contribution in [2.24, 2.45) is 0 Å². The van der Waals surface area contributed by atoms with E-state index in [-0.39, 0.29) is 0 Å². The standard InChI is InChI=1S/C30H22S4/c1-3-12-23(13-4-1)31-27-18-7-9-20-29(27)33-25-16-11-17-26(22-25)34-30-21-10-8-19-28(30)32-24-14-5-2-6-15-24/h1-22H. The molecule has 0 nitrogen and oxygen atoms in total. The van der Waals surface area contributed by atoms with Gasteiger partial charge in [0.05, 0.1) is 0 Å². The first-order valence-corrected chi connectivity index (χ1v) is 14.2. The third-order valence-electron chi connectivity index (χ3n) is 4.90. The zero-order chi connectivity index (χ0) is 23.0. The van der Waals surface area contributed by atoms with Gasteiger partial charge in [-0.3, -0.25) is 0 Å². The number of rotatable bonds is 8. The Balaban J connectivity index is 1.34. The molecule has 0 N–H and O–H groups in total. The van der Waals surface area contributed by atoms with Crippen LogP contribution in [0, 0.1) is 0 Å². The van der Waals surface area contributed by atoms with Crippen LogP contribution >= 0.6 is 47.0 Å². The lowest BCUT2D eigenvalue weighted by Crippen LogP contribution is -1.82. The molecule has 0 aliphatic carbocycles. The van der Waals surface area contributed by atoms with Crippen LogP contribution in [0.1, 0.15) is 0 Å². The van der Waals surface area contributed by atoms with E-state index >= 15 is 0 Å². The van der Waals surface area contributed by atoms with Crippen molar-refractivity contribution in [3.8, 4) is 0 Å². The summed E-state index contributed by atoms with van der Waals surface area (Å²) in [6.07, 6.45) is 0. The van der Waals surface area contributed by atoms with Gasteiger partial charge >= 0.3 is 0 Å². The lowest BCUT2D eigenvalue weighted by Gasteiger charge is -2.11. The normalized spacial score (nSPS) is 10.8. The molecule has 0 aliphatic rings. The molecule has 0 fully saturated rings. The maximum absolute atomic E-state index is 2.29. The van der Waals surface area contributed by atoms with Crippen LogP contribution in [-0.4, -0.2) is 0 Å². The summed E-state index contributed by atoms with van der Waals surface area (Å²) in [5.74, 6) is 0. The molecule has 5 rings (SSSR count). The van der Waals surface area contributed by atoms with Crippen molar-refractivity contribution in [2.75, 3.05) is 0 Å². The molecule has 5 aromatic rings. The molecule has 34 heavy (non-hydrogen) atoms. The van der Waals surface area contributed by atoms with E-state index in [0.29, 0.717) is 0 Å². The summed E-state index contributed by atoms with van der Waals surface area (Å²) in [7, 11) is 0. The van der Waals surface area contributed by atoms with Crippen LogP contribution in [-0.2, 0) is 0 Å². The monoisotopic (exact) mass is 510 g/mol. The van der Waals surface area contributed by atoms with Crippen molar-refractivity contribution in [2.45, 2.75) is 39.2 Å². The van der Waals surface area contributed by atoms with Crippen LogP contribution in [0.15, 0.2) is 173 Å². The number of hydrogen-bond donors (Lipinski definition) is 0. The largest absolute Gasteiger partial charge is 0.0889 e. The fraction of sp³-hybridized carbons (Fsp3) is 0. The van der Waals surface area contributed by atoms with E-state index in [0.717, 1.165) is 0 Å². The Hall–Kier alpha value is -2.50. The smallest absolute Gasteiger partial charge is 0.0262 e. The predicted octanol–water partition coefficient (Wildman–Crippen LogP) is 10.3. The van der Waals surface area contributed by atoms with Gasteiger partial charge in [-0.05, 0) is 66.7 Å². The van der Waals surface area contributed by atoms with E-state index in [1.165, 1.54) is 39.2 Å². The van der Waals surface area contributed by atoms with Crippen molar-refractivity contribution in [3.63, 3.8) is 0 Å². The van der Waals surface area contributed by atoms with E-state index in [2.05, 4.69) is 133 Å². The molecule has 0 aromatic heterocycles. The van der Waals surface area contributed by atoms with Gasteiger partial charge < -0.3 is 0 Å². The molecule has 0 saturated heterocycles. The first-order chi connectivity index (χ1) is 16.8. The van der Waals surface area contributed by atoms with Gasteiger partial charge in [0, 0.05) is 39.2 Å². The predicted molar refractivity (Wildman–Crippen MR) is 149 cm³/mol. The third kappa shape index (κ3) is 6.34. The first-order valence-electron chi connectivity index (χ1n) is 10.9. The molecule has 0 aliphatic heterocycles. The molecule has 0 amide bonds. The van der Waals surface area contributed by atoms with Crippen LogP contribution in [0.25, 0.3) is 0 Å². The average Bonchev–Trinajstić information content (AvgIpc) is 2.88. The Morgan fingerprint density at radius 3 is 0.941 bits per heavy atom. The molecule has 5 aromatic carbocycles. The lowest BCUT2D eigenvalue weighted by atomic mass is 10.3. The highest BCUT2D eigenvalue weighted by molar-refractivity contribution is 8.03. The third-order valence-corrected chi connectivity index (χ3v) is 9.46. The Labute approximate surface area is 218 Å². The second-order valence-electron chi connectivity index (χ2n) is 7.40. The highest BCUT2D eigenvalue weighted by Crippen LogP contribution is 2.42. The summed E-state index contributed by atoms with van der Waals surface area (Å²) < 4.78 is 0. The SMILES string of the molecule is c1ccc(Sc2ccccc2Sc2cccc(Sc3ccccc3Sc3ccccc3)c2)cc1. The summed E-state index contributed by atoms with van der Waals surface area (Å²) in [6.45, 7) is 0. The van der Waals surface area contributed by atoms with Gasteiger partial charge in [0.2, 0.25) is 0 Å². The highest BCUT2D eigenvalue weighted by Gasteiger charge is 2.09. The molecule has 0 heterocycles. The molecule has 166 valence electrons. The Kier molecular flexibility index (Phi) is 8.05. The van der Waals surface area contributed by atoms with E-state index in [9.17, 15) is 0 Å². The first kappa shape index (κ1) is 23.3. The molecule has 4 heteroatoms. The van der Waals surface area contributed by atoms with Gasteiger partial charge in [-0.25, -0.2) is 0 Å². The molecule has 0 spiro atoms. The van der Waals surface area contributed by atoms with Gasteiger partial charge in [-0.1, -0.05) is 114 Å². The van der Waals surface area contributed by atoms with E-state index in [1.54, 1.807) is 0 Å². The van der Waals surface area contributed by atoms with Gasteiger partial charge in [-0.15, -0.1) is 0 Å². The Morgan fingerprint density at radius 1 is 0.265 bits per heavy atom. The van der Waals surface area contributed by atoms with Crippen molar-refractivity contribution in [3.05, 3.63) is 133 Å². The van der Waals surface area contributed by atoms with E-state index in [4.69, 9.17) is 0 Å². The zero-order valence-electron chi connectivity index (χ0n) is 18.3. The quantitative estimate of drug-likeness (QED) is 0.203. The van der Waals surface area contributed by atoms with E-state index < -0.39 is 0 Å². The zero-order valence-corrected chi connectivity index (χ0v) is 21.6. The topological polar surface area (TPSA) is 0 Å². The molecule has 0 saturated carbocycles. The van der Waals surface area contributed by atoms with Crippen LogP contribution in [0.2, 0.25) is 0 Å². The maximum Gasteiger partial charge on any atom is 0.0262 e. The number of hydrogen-bond acceptors (Lipinski definition) is 4. The van der Waals surface area contributed by atoms with Crippen molar-refractivity contribution in [1.82, 2.24) is 0 Å². The summed E-state index contributed by atoms with van der Waals surface area (Å²) in [5, 5.41) is 0. The summed E-state index contributed by atoms with van der Waals surface area (Å²) >= 11 is 7.28. The average molecular weight is 511 g/mol. The van der Waals surface area contributed by atoms with Crippen LogP contribution in [0.4, 0.5) is 0 Å². The molecule has 0 bridgehead atoms. The maximum atomic E-state index is 2.29. The van der Waals surface area contributed by atoms with Crippen LogP contribution in [0.3, 0.4) is 0 Å².